The van der Waals surface area contributed by atoms with Gasteiger partial charge in [0, 0.05) is 19.3 Å². The molecule has 0 unspecified atom stereocenters. The van der Waals surface area contributed by atoms with Gasteiger partial charge in [0.2, 0.25) is 0 Å². The molecule has 33 heavy (non-hydrogen) atoms. The standard InChI is InChI=1S/C24H25F3N4O2/c1-16-21(15-29-31(16)22-8-5-19(14-28-22)24(25,26)27)23(32)30-11-9-18(10-12-30)13-17-3-6-20(33-2)7-4-17/h3-8,14-15,18H,9-13H2,1-2H3. The van der Waals surface area contributed by atoms with Crippen LogP contribution in [-0.4, -0.2) is 45.8 Å². The number of alkyl halides is 3. The lowest BCUT2D eigenvalue weighted by Crippen LogP contribution is -2.39. The summed E-state index contributed by atoms with van der Waals surface area (Å²) in [5.74, 6) is 1.45. The van der Waals surface area contributed by atoms with Gasteiger partial charge in [-0.25, -0.2) is 9.67 Å². The number of pyridine rings is 1. The lowest BCUT2D eigenvalue weighted by molar-refractivity contribution is -0.137. The largest absolute Gasteiger partial charge is 0.497 e. The molecule has 0 bridgehead atoms. The van der Waals surface area contributed by atoms with Gasteiger partial charge in [-0.15, -0.1) is 0 Å². The molecule has 1 aromatic carbocycles. The van der Waals surface area contributed by atoms with E-state index in [0.717, 1.165) is 37.3 Å². The van der Waals surface area contributed by atoms with Crippen molar-refractivity contribution >= 4 is 5.91 Å². The predicted molar refractivity (Wildman–Crippen MR) is 116 cm³/mol. The topological polar surface area (TPSA) is 60.2 Å². The Bertz CT molecular complexity index is 1100. The molecule has 174 valence electrons. The molecule has 0 N–H and O–H groups in total. The third kappa shape index (κ3) is 5.02. The number of hydrogen-bond acceptors (Lipinski definition) is 4. The number of rotatable bonds is 5. The number of hydrogen-bond donors (Lipinski definition) is 0. The molecule has 6 nitrogen and oxygen atoms in total. The third-order valence-electron chi connectivity index (χ3n) is 6.12. The van der Waals surface area contributed by atoms with E-state index in [1.54, 1.807) is 14.0 Å². The highest BCUT2D eigenvalue weighted by Gasteiger charge is 2.31. The fourth-order valence-corrected chi connectivity index (χ4v) is 4.14. The van der Waals surface area contributed by atoms with Gasteiger partial charge in [0.25, 0.3) is 5.91 Å². The van der Waals surface area contributed by atoms with Gasteiger partial charge >= 0.3 is 6.18 Å². The van der Waals surface area contributed by atoms with E-state index in [9.17, 15) is 18.0 Å². The van der Waals surface area contributed by atoms with E-state index >= 15 is 0 Å². The number of ether oxygens (including phenoxy) is 1. The fraction of sp³-hybridized carbons (Fsp3) is 0.375. The molecule has 1 aliphatic heterocycles. The summed E-state index contributed by atoms with van der Waals surface area (Å²) in [6, 6.07) is 10.3. The molecule has 0 radical (unpaired) electrons. The maximum absolute atomic E-state index is 13.1. The van der Waals surface area contributed by atoms with Crippen molar-refractivity contribution in [2.45, 2.75) is 32.4 Å². The predicted octanol–water partition coefficient (Wildman–Crippen LogP) is 4.70. The minimum Gasteiger partial charge on any atom is -0.497 e. The van der Waals surface area contributed by atoms with Crippen molar-refractivity contribution in [1.82, 2.24) is 19.7 Å². The van der Waals surface area contributed by atoms with Crippen LogP contribution < -0.4 is 4.74 Å². The summed E-state index contributed by atoms with van der Waals surface area (Å²) in [5, 5.41) is 4.19. The third-order valence-corrected chi connectivity index (χ3v) is 6.12. The summed E-state index contributed by atoms with van der Waals surface area (Å²) in [6.45, 7) is 3.03. The Balaban J connectivity index is 1.38. The summed E-state index contributed by atoms with van der Waals surface area (Å²) in [4.78, 5) is 18.8. The van der Waals surface area contributed by atoms with Crippen LogP contribution in [0.15, 0.2) is 48.8 Å². The zero-order valence-electron chi connectivity index (χ0n) is 18.5. The highest BCUT2D eigenvalue weighted by Crippen LogP contribution is 2.29. The van der Waals surface area contributed by atoms with Crippen molar-refractivity contribution in [3.8, 4) is 11.6 Å². The SMILES string of the molecule is COc1ccc(CC2CCN(C(=O)c3cnn(-c4ccc(C(F)(F)F)cn4)c3C)CC2)cc1. The van der Waals surface area contributed by atoms with Crippen LogP contribution in [0.3, 0.4) is 0 Å². The summed E-state index contributed by atoms with van der Waals surface area (Å²) >= 11 is 0. The maximum Gasteiger partial charge on any atom is 0.417 e. The van der Waals surface area contributed by atoms with E-state index in [1.807, 2.05) is 17.0 Å². The Labute approximate surface area is 190 Å². The van der Waals surface area contributed by atoms with E-state index < -0.39 is 11.7 Å². The number of halogens is 3. The van der Waals surface area contributed by atoms with Gasteiger partial charge in [-0.1, -0.05) is 12.1 Å². The molecule has 0 spiro atoms. The average Bonchev–Trinajstić information content (AvgIpc) is 3.20. The van der Waals surface area contributed by atoms with Crippen LogP contribution in [0, 0.1) is 12.8 Å². The van der Waals surface area contributed by atoms with E-state index in [4.69, 9.17) is 4.74 Å². The number of amides is 1. The first-order valence-electron chi connectivity index (χ1n) is 10.8. The van der Waals surface area contributed by atoms with Crippen LogP contribution in [0.25, 0.3) is 5.82 Å². The van der Waals surface area contributed by atoms with Gasteiger partial charge in [-0.3, -0.25) is 4.79 Å². The molecule has 1 amide bonds. The van der Waals surface area contributed by atoms with E-state index in [-0.39, 0.29) is 11.7 Å². The molecule has 9 heteroatoms. The Morgan fingerprint density at radius 1 is 1.09 bits per heavy atom. The Hall–Kier alpha value is -3.36. The highest BCUT2D eigenvalue weighted by molar-refractivity contribution is 5.95. The van der Waals surface area contributed by atoms with Gasteiger partial charge in [-0.2, -0.15) is 18.3 Å². The van der Waals surface area contributed by atoms with Crippen LogP contribution in [0.5, 0.6) is 5.75 Å². The molecule has 0 aliphatic carbocycles. The second-order valence-corrected chi connectivity index (χ2v) is 8.25. The monoisotopic (exact) mass is 458 g/mol. The van der Waals surface area contributed by atoms with Crippen molar-refractivity contribution in [2.75, 3.05) is 20.2 Å². The van der Waals surface area contributed by atoms with Crippen LogP contribution in [0.2, 0.25) is 0 Å². The highest BCUT2D eigenvalue weighted by atomic mass is 19.4. The van der Waals surface area contributed by atoms with Gasteiger partial charge in [0.05, 0.1) is 30.1 Å². The van der Waals surface area contributed by atoms with Gasteiger partial charge in [0.1, 0.15) is 5.75 Å². The normalized spacial score (nSPS) is 15.0. The first-order valence-corrected chi connectivity index (χ1v) is 10.8. The van der Waals surface area contributed by atoms with Gasteiger partial charge in [0.15, 0.2) is 5.82 Å². The molecular formula is C24H25F3N4O2. The average molecular weight is 458 g/mol. The molecule has 0 saturated carbocycles. The zero-order chi connectivity index (χ0) is 23.6. The molecule has 1 fully saturated rings. The lowest BCUT2D eigenvalue weighted by Gasteiger charge is -2.32. The Morgan fingerprint density at radius 2 is 1.79 bits per heavy atom. The van der Waals surface area contributed by atoms with Crippen molar-refractivity contribution in [3.63, 3.8) is 0 Å². The number of benzene rings is 1. The number of aromatic nitrogens is 3. The molecule has 2 aromatic heterocycles. The van der Waals surface area contributed by atoms with Gasteiger partial charge < -0.3 is 9.64 Å². The quantitative estimate of drug-likeness (QED) is 0.556. The Morgan fingerprint density at radius 3 is 2.36 bits per heavy atom. The smallest absolute Gasteiger partial charge is 0.417 e. The van der Waals surface area contributed by atoms with Gasteiger partial charge in [-0.05, 0) is 61.9 Å². The summed E-state index contributed by atoms with van der Waals surface area (Å²) in [5.41, 5.74) is 1.41. The summed E-state index contributed by atoms with van der Waals surface area (Å²) in [6.07, 6.45) is 0.552. The van der Waals surface area contributed by atoms with Crippen LogP contribution >= 0.6 is 0 Å². The van der Waals surface area contributed by atoms with Crippen LogP contribution in [0.4, 0.5) is 13.2 Å². The molecular weight excluding hydrogens is 433 g/mol. The minimum atomic E-state index is -4.45. The minimum absolute atomic E-state index is 0.117. The van der Waals surface area contributed by atoms with Crippen molar-refractivity contribution in [3.05, 3.63) is 71.2 Å². The molecule has 0 atom stereocenters. The maximum atomic E-state index is 13.1. The van der Waals surface area contributed by atoms with Crippen molar-refractivity contribution in [1.29, 1.82) is 0 Å². The number of carbonyl (C=O) groups is 1. The van der Waals surface area contributed by atoms with E-state index in [0.29, 0.717) is 30.3 Å². The molecule has 1 saturated heterocycles. The fourth-order valence-electron chi connectivity index (χ4n) is 4.14. The van der Waals surface area contributed by atoms with Crippen molar-refractivity contribution < 1.29 is 22.7 Å². The molecule has 3 heterocycles. The van der Waals surface area contributed by atoms with E-state index in [2.05, 4.69) is 22.2 Å². The summed E-state index contributed by atoms with van der Waals surface area (Å²) < 4.78 is 44.9. The number of likely N-dealkylation sites (tertiary alicyclic amines) is 1. The summed E-state index contributed by atoms with van der Waals surface area (Å²) in [7, 11) is 1.65. The Kier molecular flexibility index (Phi) is 6.40. The van der Waals surface area contributed by atoms with E-state index in [1.165, 1.54) is 22.5 Å². The van der Waals surface area contributed by atoms with Crippen LogP contribution in [0.1, 0.15) is 40.0 Å². The lowest BCUT2D eigenvalue weighted by atomic mass is 9.90. The molecule has 3 aromatic rings. The number of piperidine rings is 1. The number of nitrogens with zero attached hydrogens (tertiary/aromatic N) is 4. The zero-order valence-corrected chi connectivity index (χ0v) is 18.5. The van der Waals surface area contributed by atoms with Crippen LogP contribution in [-0.2, 0) is 12.6 Å². The second kappa shape index (κ2) is 9.25. The number of carbonyl (C=O) groups excluding carboxylic acids is 1. The number of methoxy groups -OCH3 is 1. The molecule has 4 rings (SSSR count). The van der Waals surface area contributed by atoms with Crippen molar-refractivity contribution in [2.24, 2.45) is 5.92 Å². The first-order chi connectivity index (χ1) is 15.8. The molecule has 1 aliphatic rings. The first kappa shape index (κ1) is 22.8. The second-order valence-electron chi connectivity index (χ2n) is 8.25.